The number of aryl methyl sites for hydroxylation is 1. The number of rotatable bonds is 0. The summed E-state index contributed by atoms with van der Waals surface area (Å²) in [5.41, 5.74) is 3.35. The summed E-state index contributed by atoms with van der Waals surface area (Å²) in [4.78, 5) is 0. The summed E-state index contributed by atoms with van der Waals surface area (Å²) in [6, 6.07) is 8.82. The molecule has 86 valence electrons. The molecule has 0 aliphatic carbocycles. The lowest BCUT2D eigenvalue weighted by Crippen LogP contribution is -2.48. The van der Waals surface area contributed by atoms with Crippen molar-refractivity contribution < 1.29 is 4.74 Å². The predicted octanol–water partition coefficient (Wildman–Crippen LogP) is 2.27. The van der Waals surface area contributed by atoms with Crippen molar-refractivity contribution in [1.29, 1.82) is 0 Å². The van der Waals surface area contributed by atoms with E-state index in [1.54, 1.807) is 0 Å². The first-order valence-corrected chi connectivity index (χ1v) is 6.28. The van der Waals surface area contributed by atoms with E-state index in [4.69, 9.17) is 4.74 Å². The molecule has 1 saturated heterocycles. The van der Waals surface area contributed by atoms with Gasteiger partial charge in [-0.3, -0.25) is 0 Å². The van der Waals surface area contributed by atoms with Crippen LogP contribution in [0, 0.1) is 0 Å². The van der Waals surface area contributed by atoms with Crippen molar-refractivity contribution >= 4 is 0 Å². The van der Waals surface area contributed by atoms with Gasteiger partial charge in [-0.25, -0.2) is 0 Å². The highest BCUT2D eigenvalue weighted by atomic mass is 16.5. The number of ether oxygens (including phenoxy) is 1. The first-order chi connectivity index (χ1) is 7.88. The van der Waals surface area contributed by atoms with Crippen molar-refractivity contribution in [2.45, 2.75) is 37.8 Å². The summed E-state index contributed by atoms with van der Waals surface area (Å²) in [6.45, 7) is 2.86. The highest BCUT2D eigenvalue weighted by molar-refractivity contribution is 5.29. The number of benzene rings is 1. The molecule has 2 aliphatic rings. The second kappa shape index (κ2) is 4.19. The van der Waals surface area contributed by atoms with Crippen molar-refractivity contribution in [3.63, 3.8) is 0 Å². The van der Waals surface area contributed by atoms with E-state index in [9.17, 15) is 0 Å². The Kier molecular flexibility index (Phi) is 2.70. The van der Waals surface area contributed by atoms with Gasteiger partial charge in [0.1, 0.15) is 0 Å². The van der Waals surface area contributed by atoms with Crippen LogP contribution in [-0.4, -0.2) is 18.8 Å². The third-order valence-corrected chi connectivity index (χ3v) is 4.10. The molecule has 1 N–H and O–H groups in total. The maximum Gasteiger partial charge on any atom is 0.0483 e. The Labute approximate surface area is 97.0 Å². The lowest BCUT2D eigenvalue weighted by Gasteiger charge is -2.37. The number of hydrogen-bond donors (Lipinski definition) is 1. The first-order valence-electron chi connectivity index (χ1n) is 6.28. The van der Waals surface area contributed by atoms with E-state index in [-0.39, 0.29) is 0 Å². The summed E-state index contributed by atoms with van der Waals surface area (Å²) in [7, 11) is 0. The van der Waals surface area contributed by atoms with E-state index in [0.717, 1.165) is 19.8 Å². The van der Waals surface area contributed by atoms with Crippen LogP contribution < -0.4 is 5.32 Å². The fourth-order valence-electron chi connectivity index (χ4n) is 2.91. The first kappa shape index (κ1) is 10.3. The Morgan fingerprint density at radius 3 is 2.56 bits per heavy atom. The van der Waals surface area contributed by atoms with E-state index in [0.29, 0.717) is 5.54 Å². The molecular weight excluding hydrogens is 198 g/mol. The van der Waals surface area contributed by atoms with Crippen LogP contribution in [0.2, 0.25) is 0 Å². The van der Waals surface area contributed by atoms with Crippen LogP contribution in [0.3, 0.4) is 0 Å². The number of hydrogen-bond acceptors (Lipinski definition) is 2. The van der Waals surface area contributed by atoms with Crippen LogP contribution in [0.1, 0.15) is 30.4 Å². The molecule has 1 fully saturated rings. The zero-order valence-electron chi connectivity index (χ0n) is 9.67. The molecule has 0 atom stereocenters. The van der Waals surface area contributed by atoms with Crippen LogP contribution in [0.5, 0.6) is 0 Å². The molecule has 1 aromatic carbocycles. The molecule has 2 heteroatoms. The van der Waals surface area contributed by atoms with Crippen molar-refractivity contribution in [2.24, 2.45) is 0 Å². The standard InChI is InChI=1S/C14H19NO/c1-2-4-13-11-15-14(6-5-12(13)3-1)7-9-16-10-8-14/h1-4,15H,5-11H2. The van der Waals surface area contributed by atoms with Gasteiger partial charge in [-0.1, -0.05) is 24.3 Å². The van der Waals surface area contributed by atoms with Gasteiger partial charge < -0.3 is 10.1 Å². The van der Waals surface area contributed by atoms with Crippen LogP contribution in [0.4, 0.5) is 0 Å². The molecule has 0 bridgehead atoms. The summed E-state index contributed by atoms with van der Waals surface area (Å²) < 4.78 is 5.47. The maximum absolute atomic E-state index is 5.47. The SMILES string of the molecule is c1ccc2c(c1)CCC1(CCOCC1)NC2. The second-order valence-electron chi connectivity index (χ2n) is 5.01. The Morgan fingerprint density at radius 2 is 1.75 bits per heavy atom. The molecule has 2 heterocycles. The van der Waals surface area contributed by atoms with E-state index in [2.05, 4.69) is 29.6 Å². The minimum atomic E-state index is 0.345. The van der Waals surface area contributed by atoms with Crippen LogP contribution in [0.25, 0.3) is 0 Å². The van der Waals surface area contributed by atoms with Crippen LogP contribution >= 0.6 is 0 Å². The van der Waals surface area contributed by atoms with Gasteiger partial charge in [0.05, 0.1) is 0 Å². The normalized spacial score (nSPS) is 23.8. The van der Waals surface area contributed by atoms with Gasteiger partial charge in [0, 0.05) is 25.3 Å². The Hall–Kier alpha value is -0.860. The summed E-state index contributed by atoms with van der Waals surface area (Å²) in [5.74, 6) is 0. The Balaban J connectivity index is 1.81. The van der Waals surface area contributed by atoms with Crippen molar-refractivity contribution in [3.05, 3.63) is 35.4 Å². The van der Waals surface area contributed by atoms with Crippen molar-refractivity contribution in [1.82, 2.24) is 5.32 Å². The molecule has 0 amide bonds. The maximum atomic E-state index is 5.47. The monoisotopic (exact) mass is 217 g/mol. The molecule has 2 nitrogen and oxygen atoms in total. The molecule has 0 unspecified atom stereocenters. The quantitative estimate of drug-likeness (QED) is 0.720. The topological polar surface area (TPSA) is 21.3 Å². The average Bonchev–Trinajstić information content (AvgIpc) is 2.52. The Bertz CT molecular complexity index is 340. The smallest absolute Gasteiger partial charge is 0.0483 e. The molecule has 0 saturated carbocycles. The van der Waals surface area contributed by atoms with Gasteiger partial charge in [0.25, 0.3) is 0 Å². The minimum Gasteiger partial charge on any atom is -0.381 e. The molecule has 1 aromatic rings. The average molecular weight is 217 g/mol. The summed E-state index contributed by atoms with van der Waals surface area (Å²) in [6.07, 6.45) is 4.80. The van der Waals surface area contributed by atoms with Crippen LogP contribution in [0.15, 0.2) is 24.3 Å². The van der Waals surface area contributed by atoms with E-state index in [1.807, 2.05) is 0 Å². The molecule has 2 aliphatic heterocycles. The summed E-state index contributed by atoms with van der Waals surface area (Å²) in [5, 5.41) is 3.77. The second-order valence-corrected chi connectivity index (χ2v) is 5.01. The lowest BCUT2D eigenvalue weighted by molar-refractivity contribution is 0.0351. The Morgan fingerprint density at radius 1 is 1.00 bits per heavy atom. The van der Waals surface area contributed by atoms with Gasteiger partial charge in [-0.15, -0.1) is 0 Å². The lowest BCUT2D eigenvalue weighted by atomic mass is 9.85. The van der Waals surface area contributed by atoms with Crippen molar-refractivity contribution in [3.8, 4) is 0 Å². The van der Waals surface area contributed by atoms with E-state index in [1.165, 1.54) is 36.8 Å². The molecule has 1 spiro atoms. The molecule has 16 heavy (non-hydrogen) atoms. The largest absolute Gasteiger partial charge is 0.381 e. The third kappa shape index (κ3) is 1.87. The molecule has 0 radical (unpaired) electrons. The molecular formula is C14H19NO. The highest BCUT2D eigenvalue weighted by Gasteiger charge is 2.33. The summed E-state index contributed by atoms with van der Waals surface area (Å²) >= 11 is 0. The fraction of sp³-hybridized carbons (Fsp3) is 0.571. The van der Waals surface area contributed by atoms with E-state index >= 15 is 0 Å². The minimum absolute atomic E-state index is 0.345. The predicted molar refractivity (Wildman–Crippen MR) is 64.4 cm³/mol. The third-order valence-electron chi connectivity index (χ3n) is 4.10. The van der Waals surface area contributed by atoms with Gasteiger partial charge >= 0.3 is 0 Å². The van der Waals surface area contributed by atoms with Gasteiger partial charge in [-0.2, -0.15) is 0 Å². The van der Waals surface area contributed by atoms with Crippen LogP contribution in [-0.2, 0) is 17.7 Å². The fourth-order valence-corrected chi connectivity index (χ4v) is 2.91. The zero-order chi connectivity index (χ0) is 10.8. The van der Waals surface area contributed by atoms with Gasteiger partial charge in [0.2, 0.25) is 0 Å². The van der Waals surface area contributed by atoms with E-state index < -0.39 is 0 Å². The number of nitrogens with one attached hydrogen (secondary N) is 1. The van der Waals surface area contributed by atoms with Gasteiger partial charge in [0.15, 0.2) is 0 Å². The van der Waals surface area contributed by atoms with Gasteiger partial charge in [-0.05, 0) is 36.8 Å². The highest BCUT2D eigenvalue weighted by Crippen LogP contribution is 2.30. The molecule has 3 rings (SSSR count). The zero-order valence-corrected chi connectivity index (χ0v) is 9.67. The van der Waals surface area contributed by atoms with Crippen molar-refractivity contribution in [2.75, 3.05) is 13.2 Å². The number of fused-ring (bicyclic) bond motifs is 1. The molecule has 0 aromatic heterocycles.